The zero-order chi connectivity index (χ0) is 20.5. The third-order valence-corrected chi connectivity index (χ3v) is 8.85. The topological polar surface area (TPSA) is 41.4 Å². The van der Waals surface area contributed by atoms with Gasteiger partial charge in [-0.25, -0.2) is 4.98 Å². The number of aromatic nitrogens is 2. The van der Waals surface area contributed by atoms with E-state index in [9.17, 15) is 4.79 Å². The van der Waals surface area contributed by atoms with Gasteiger partial charge in [-0.1, -0.05) is 19.8 Å². The molecule has 0 amide bonds. The highest BCUT2D eigenvalue weighted by Gasteiger charge is 2.32. The van der Waals surface area contributed by atoms with Crippen LogP contribution in [-0.4, -0.2) is 57.6 Å². The first-order valence-electron chi connectivity index (χ1n) is 12.2. The summed E-state index contributed by atoms with van der Waals surface area (Å²) < 4.78 is 1.83. The first-order chi connectivity index (χ1) is 14.7. The molecule has 1 atom stereocenters. The van der Waals surface area contributed by atoms with Crippen molar-refractivity contribution in [3.8, 4) is 0 Å². The van der Waals surface area contributed by atoms with Gasteiger partial charge < -0.3 is 4.90 Å². The van der Waals surface area contributed by atoms with Crippen molar-refractivity contribution in [1.82, 2.24) is 19.4 Å². The maximum atomic E-state index is 13.1. The number of nitrogens with zero attached hydrogens (tertiary/aromatic N) is 4. The number of aryl methyl sites for hydroxylation is 2. The van der Waals surface area contributed by atoms with Gasteiger partial charge in [-0.3, -0.25) is 14.3 Å². The second-order valence-corrected chi connectivity index (χ2v) is 10.6. The van der Waals surface area contributed by atoms with Crippen LogP contribution >= 0.6 is 11.3 Å². The van der Waals surface area contributed by atoms with Gasteiger partial charge in [0.05, 0.1) is 11.7 Å². The Kier molecular flexibility index (Phi) is 6.26. The number of piperidine rings is 2. The fraction of sp³-hybridized carbons (Fsp3) is 0.750. The summed E-state index contributed by atoms with van der Waals surface area (Å²) in [4.78, 5) is 25.6. The lowest BCUT2D eigenvalue weighted by atomic mass is 9.90. The normalized spacial score (nSPS) is 24.4. The van der Waals surface area contributed by atoms with Gasteiger partial charge in [0.15, 0.2) is 0 Å². The Labute approximate surface area is 184 Å². The van der Waals surface area contributed by atoms with Crippen LogP contribution in [-0.2, 0) is 19.4 Å². The van der Waals surface area contributed by atoms with E-state index in [4.69, 9.17) is 0 Å². The smallest absolute Gasteiger partial charge is 0.262 e. The van der Waals surface area contributed by atoms with E-state index in [-0.39, 0.29) is 5.56 Å². The molecule has 30 heavy (non-hydrogen) atoms. The van der Waals surface area contributed by atoms with Crippen LogP contribution < -0.4 is 5.56 Å². The van der Waals surface area contributed by atoms with Gasteiger partial charge in [0.25, 0.3) is 5.56 Å². The van der Waals surface area contributed by atoms with Crippen LogP contribution in [0.3, 0.4) is 0 Å². The number of thiophene rings is 1. The molecule has 2 fully saturated rings. The van der Waals surface area contributed by atoms with E-state index >= 15 is 0 Å². The van der Waals surface area contributed by atoms with Gasteiger partial charge in [-0.15, -0.1) is 11.3 Å². The number of fused-ring (bicyclic) bond motifs is 3. The molecule has 5 nitrogen and oxygen atoms in total. The lowest BCUT2D eigenvalue weighted by Gasteiger charge is -2.43. The van der Waals surface area contributed by atoms with E-state index in [2.05, 4.69) is 21.7 Å². The van der Waals surface area contributed by atoms with Gasteiger partial charge >= 0.3 is 0 Å². The van der Waals surface area contributed by atoms with E-state index in [1.807, 2.05) is 4.57 Å². The predicted molar refractivity (Wildman–Crippen MR) is 125 cm³/mol. The minimum absolute atomic E-state index is 0.187. The highest BCUT2D eigenvalue weighted by Crippen LogP contribution is 2.36. The molecule has 0 radical (unpaired) electrons. The first-order valence-corrected chi connectivity index (χ1v) is 13.0. The van der Waals surface area contributed by atoms with Gasteiger partial charge in [-0.2, -0.15) is 0 Å². The molecule has 0 aromatic carbocycles. The minimum Gasteiger partial charge on any atom is -0.300 e. The minimum atomic E-state index is 0.187. The summed E-state index contributed by atoms with van der Waals surface area (Å²) in [5.41, 5.74) is 1.50. The van der Waals surface area contributed by atoms with Crippen molar-refractivity contribution in [2.45, 2.75) is 89.8 Å². The summed E-state index contributed by atoms with van der Waals surface area (Å²) in [6.07, 6.45) is 14.1. The van der Waals surface area contributed by atoms with Gasteiger partial charge in [0, 0.05) is 23.5 Å². The van der Waals surface area contributed by atoms with Crippen molar-refractivity contribution in [3.63, 3.8) is 0 Å². The lowest BCUT2D eigenvalue weighted by molar-refractivity contribution is 0.0687. The van der Waals surface area contributed by atoms with Crippen LogP contribution in [0.5, 0.6) is 0 Å². The molecule has 1 aliphatic carbocycles. The fourth-order valence-corrected chi connectivity index (χ4v) is 7.13. The molecule has 1 unspecified atom stereocenters. The third-order valence-electron chi connectivity index (χ3n) is 7.68. The quantitative estimate of drug-likeness (QED) is 0.720. The van der Waals surface area contributed by atoms with Crippen molar-refractivity contribution < 1.29 is 0 Å². The lowest BCUT2D eigenvalue weighted by Crippen LogP contribution is -2.50. The molecule has 2 aromatic heterocycles. The van der Waals surface area contributed by atoms with Crippen LogP contribution in [0.4, 0.5) is 0 Å². The van der Waals surface area contributed by atoms with E-state index in [1.165, 1.54) is 75.1 Å². The van der Waals surface area contributed by atoms with Gasteiger partial charge in [0.2, 0.25) is 0 Å². The van der Waals surface area contributed by atoms with Crippen LogP contribution in [0.15, 0.2) is 11.1 Å². The molecule has 0 bridgehead atoms. The molecule has 164 valence electrons. The maximum absolute atomic E-state index is 13.1. The maximum Gasteiger partial charge on any atom is 0.262 e. The summed E-state index contributed by atoms with van der Waals surface area (Å²) in [5, 5.41) is 0.927. The second-order valence-electron chi connectivity index (χ2n) is 9.54. The molecule has 0 saturated carbocycles. The second kappa shape index (κ2) is 9.09. The van der Waals surface area contributed by atoms with Gasteiger partial charge in [-0.05, 0) is 83.1 Å². The van der Waals surface area contributed by atoms with Crippen LogP contribution in [0.25, 0.3) is 10.2 Å². The first kappa shape index (κ1) is 20.7. The Morgan fingerprint density at radius 3 is 2.57 bits per heavy atom. The Balaban J connectivity index is 1.27. The average Bonchev–Trinajstić information content (AvgIpc) is 3.18. The predicted octanol–water partition coefficient (Wildman–Crippen LogP) is 4.07. The van der Waals surface area contributed by atoms with Crippen molar-refractivity contribution in [3.05, 3.63) is 27.1 Å². The van der Waals surface area contributed by atoms with Crippen LogP contribution in [0.1, 0.15) is 68.7 Å². The number of likely N-dealkylation sites (tertiary alicyclic amines) is 2. The summed E-state index contributed by atoms with van der Waals surface area (Å²) >= 11 is 1.78. The van der Waals surface area contributed by atoms with E-state index in [0.717, 1.165) is 48.5 Å². The molecule has 2 saturated heterocycles. The molecule has 3 aliphatic rings. The SMILES string of the molecule is CCCCn1cnc2sc3c(c2c1=O)CCC(N1CCC(N2CCCCC2)CC1)C3. The number of hydrogen-bond acceptors (Lipinski definition) is 5. The third kappa shape index (κ3) is 3.98. The molecule has 0 spiro atoms. The molecule has 4 heterocycles. The molecule has 2 aliphatic heterocycles. The molecule has 5 rings (SSSR count). The van der Waals surface area contributed by atoms with Crippen molar-refractivity contribution in [1.29, 1.82) is 0 Å². The fourth-order valence-electron chi connectivity index (χ4n) is 5.88. The largest absolute Gasteiger partial charge is 0.300 e. The molecule has 6 heteroatoms. The zero-order valence-corrected chi connectivity index (χ0v) is 19.3. The Morgan fingerprint density at radius 1 is 1.03 bits per heavy atom. The number of rotatable bonds is 5. The van der Waals surface area contributed by atoms with Gasteiger partial charge in [0.1, 0.15) is 4.83 Å². The van der Waals surface area contributed by atoms with E-state index < -0.39 is 0 Å². The molecular formula is C24H36N4OS. The van der Waals surface area contributed by atoms with E-state index in [1.54, 1.807) is 17.7 Å². The zero-order valence-electron chi connectivity index (χ0n) is 18.4. The number of hydrogen-bond donors (Lipinski definition) is 0. The van der Waals surface area contributed by atoms with Crippen molar-refractivity contribution in [2.75, 3.05) is 26.2 Å². The Hall–Kier alpha value is -1.24. The standard InChI is InChI=1S/C24H36N4OS/c1-2-3-11-28-17-25-23-22(24(28)29)20-8-7-19(16-21(20)30-23)27-14-9-18(10-15-27)26-12-5-4-6-13-26/h17-19H,2-16H2,1H3. The summed E-state index contributed by atoms with van der Waals surface area (Å²) in [5.74, 6) is 0. The monoisotopic (exact) mass is 428 g/mol. The summed E-state index contributed by atoms with van der Waals surface area (Å²) in [6, 6.07) is 1.46. The highest BCUT2D eigenvalue weighted by atomic mass is 32.1. The average molecular weight is 429 g/mol. The molecular weight excluding hydrogens is 392 g/mol. The Morgan fingerprint density at radius 2 is 1.80 bits per heavy atom. The van der Waals surface area contributed by atoms with Crippen molar-refractivity contribution >= 4 is 21.6 Å². The molecule has 2 aromatic rings. The van der Waals surface area contributed by atoms with E-state index in [0.29, 0.717) is 6.04 Å². The van der Waals surface area contributed by atoms with Crippen LogP contribution in [0.2, 0.25) is 0 Å². The Bertz CT molecular complexity index is 921. The summed E-state index contributed by atoms with van der Waals surface area (Å²) in [7, 11) is 0. The summed E-state index contributed by atoms with van der Waals surface area (Å²) in [6.45, 7) is 8.09. The molecule has 0 N–H and O–H groups in total. The van der Waals surface area contributed by atoms with Crippen LogP contribution in [0, 0.1) is 0 Å². The number of unbranched alkanes of at least 4 members (excludes halogenated alkanes) is 1. The highest BCUT2D eigenvalue weighted by molar-refractivity contribution is 7.18. The van der Waals surface area contributed by atoms with Crippen molar-refractivity contribution in [2.24, 2.45) is 0 Å².